The third-order valence-electron chi connectivity index (χ3n) is 5.11. The van der Waals surface area contributed by atoms with Crippen molar-refractivity contribution in [3.63, 3.8) is 0 Å². The van der Waals surface area contributed by atoms with Gasteiger partial charge in [-0.1, -0.05) is 20.3 Å². The SMILES string of the molecule is CC(C)CNCc1cnc(N(C)CC2CC3CCC2C3)s1. The molecule has 2 aliphatic rings. The van der Waals surface area contributed by atoms with Crippen molar-refractivity contribution in [2.24, 2.45) is 23.7 Å². The maximum atomic E-state index is 4.62. The maximum absolute atomic E-state index is 4.62. The van der Waals surface area contributed by atoms with Crippen LogP contribution in [0.5, 0.6) is 0 Å². The Morgan fingerprint density at radius 3 is 2.90 bits per heavy atom. The Morgan fingerprint density at radius 1 is 1.38 bits per heavy atom. The summed E-state index contributed by atoms with van der Waals surface area (Å²) >= 11 is 1.85. The van der Waals surface area contributed by atoms with Gasteiger partial charge in [0, 0.05) is 31.2 Å². The van der Waals surface area contributed by atoms with Gasteiger partial charge in [-0.3, -0.25) is 0 Å². The van der Waals surface area contributed by atoms with Gasteiger partial charge in [-0.25, -0.2) is 4.98 Å². The van der Waals surface area contributed by atoms with E-state index < -0.39 is 0 Å². The minimum atomic E-state index is 0.706. The molecule has 2 fully saturated rings. The van der Waals surface area contributed by atoms with Gasteiger partial charge in [-0.05, 0) is 49.5 Å². The zero-order valence-electron chi connectivity index (χ0n) is 13.6. The molecular weight excluding hydrogens is 278 g/mol. The predicted octanol–water partition coefficient (Wildman–Crippen LogP) is 3.76. The van der Waals surface area contributed by atoms with Crippen molar-refractivity contribution < 1.29 is 0 Å². The van der Waals surface area contributed by atoms with Crippen LogP contribution in [-0.2, 0) is 6.54 Å². The molecule has 1 aromatic heterocycles. The molecule has 0 saturated heterocycles. The fraction of sp³-hybridized carbons (Fsp3) is 0.824. The lowest BCUT2D eigenvalue weighted by atomic mass is 9.88. The van der Waals surface area contributed by atoms with Crippen molar-refractivity contribution >= 4 is 16.5 Å². The van der Waals surface area contributed by atoms with Crippen molar-refractivity contribution in [2.45, 2.75) is 46.1 Å². The average Bonchev–Trinajstić information content (AvgIpc) is 3.13. The summed E-state index contributed by atoms with van der Waals surface area (Å²) in [6.07, 6.45) is 7.98. The van der Waals surface area contributed by atoms with E-state index in [1.165, 1.54) is 42.2 Å². The number of hydrogen-bond donors (Lipinski definition) is 1. The fourth-order valence-electron chi connectivity index (χ4n) is 4.07. The molecule has 3 rings (SSSR count). The molecule has 3 unspecified atom stereocenters. The number of aromatic nitrogens is 1. The Morgan fingerprint density at radius 2 is 2.24 bits per heavy atom. The highest BCUT2D eigenvalue weighted by Gasteiger charge is 2.39. The fourth-order valence-corrected chi connectivity index (χ4v) is 4.92. The van der Waals surface area contributed by atoms with Crippen LogP contribution in [0.2, 0.25) is 0 Å². The van der Waals surface area contributed by atoms with Crippen LogP contribution in [0.15, 0.2) is 6.20 Å². The van der Waals surface area contributed by atoms with Crippen LogP contribution in [0.25, 0.3) is 0 Å². The summed E-state index contributed by atoms with van der Waals surface area (Å²) in [5, 5.41) is 4.69. The lowest BCUT2D eigenvalue weighted by Gasteiger charge is -2.26. The smallest absolute Gasteiger partial charge is 0.185 e. The van der Waals surface area contributed by atoms with Crippen molar-refractivity contribution in [3.8, 4) is 0 Å². The van der Waals surface area contributed by atoms with Gasteiger partial charge in [0.2, 0.25) is 0 Å². The first-order valence-electron chi connectivity index (χ1n) is 8.48. The molecule has 2 bridgehead atoms. The first-order chi connectivity index (χ1) is 10.1. The van der Waals surface area contributed by atoms with E-state index in [1.807, 2.05) is 17.5 Å². The summed E-state index contributed by atoms with van der Waals surface area (Å²) in [4.78, 5) is 8.37. The molecular formula is C17H29N3S. The van der Waals surface area contributed by atoms with Gasteiger partial charge in [-0.15, -0.1) is 11.3 Å². The Bertz CT molecular complexity index is 457. The third kappa shape index (κ3) is 3.78. The molecule has 3 nitrogen and oxygen atoms in total. The Hall–Kier alpha value is -0.610. The molecule has 1 aromatic rings. The van der Waals surface area contributed by atoms with Crippen LogP contribution in [0.1, 0.15) is 44.4 Å². The van der Waals surface area contributed by atoms with Crippen molar-refractivity contribution in [2.75, 3.05) is 25.0 Å². The van der Waals surface area contributed by atoms with Gasteiger partial charge in [0.05, 0.1) is 0 Å². The number of thiazole rings is 1. The Kier molecular flexibility index (Phi) is 4.85. The van der Waals surface area contributed by atoms with Crippen molar-refractivity contribution in [3.05, 3.63) is 11.1 Å². The lowest BCUT2D eigenvalue weighted by Crippen LogP contribution is -2.28. The van der Waals surface area contributed by atoms with Gasteiger partial charge in [0.15, 0.2) is 5.13 Å². The molecule has 4 heteroatoms. The summed E-state index contributed by atoms with van der Waals surface area (Å²) in [6, 6.07) is 0. The molecule has 0 radical (unpaired) electrons. The standard InChI is InChI=1S/C17H29N3S/c1-12(2)8-18-9-16-10-19-17(21-16)20(3)11-15-7-13-4-5-14(15)6-13/h10,12-15,18H,4-9,11H2,1-3H3. The topological polar surface area (TPSA) is 28.2 Å². The van der Waals surface area contributed by atoms with E-state index >= 15 is 0 Å². The van der Waals surface area contributed by atoms with Crippen LogP contribution in [0.4, 0.5) is 5.13 Å². The number of rotatable bonds is 7. The second-order valence-electron chi connectivity index (χ2n) is 7.45. The highest BCUT2D eigenvalue weighted by Crippen LogP contribution is 2.48. The largest absolute Gasteiger partial charge is 0.351 e. The zero-order valence-corrected chi connectivity index (χ0v) is 14.5. The number of nitrogens with zero attached hydrogens (tertiary/aromatic N) is 2. The van der Waals surface area contributed by atoms with Crippen LogP contribution < -0.4 is 10.2 Å². The molecule has 3 atom stereocenters. The van der Waals surface area contributed by atoms with E-state index in [4.69, 9.17) is 0 Å². The number of hydrogen-bond acceptors (Lipinski definition) is 4. The molecule has 1 N–H and O–H groups in total. The predicted molar refractivity (Wildman–Crippen MR) is 90.9 cm³/mol. The minimum absolute atomic E-state index is 0.706. The highest BCUT2D eigenvalue weighted by molar-refractivity contribution is 7.15. The summed E-state index contributed by atoms with van der Waals surface area (Å²) in [7, 11) is 2.22. The third-order valence-corrected chi connectivity index (χ3v) is 6.22. The maximum Gasteiger partial charge on any atom is 0.185 e. The number of anilines is 1. The van der Waals surface area contributed by atoms with Gasteiger partial charge in [0.1, 0.15) is 0 Å². The summed E-state index contributed by atoms with van der Waals surface area (Å²) in [6.45, 7) is 7.72. The molecule has 0 aromatic carbocycles. The van der Waals surface area contributed by atoms with E-state index in [1.54, 1.807) is 0 Å². The van der Waals surface area contributed by atoms with E-state index in [0.717, 1.165) is 30.8 Å². The summed E-state index contributed by atoms with van der Waals surface area (Å²) < 4.78 is 0. The van der Waals surface area contributed by atoms with Gasteiger partial charge in [0.25, 0.3) is 0 Å². The van der Waals surface area contributed by atoms with Gasteiger partial charge >= 0.3 is 0 Å². The molecule has 0 aliphatic heterocycles. The molecule has 118 valence electrons. The first kappa shape index (κ1) is 15.3. The van der Waals surface area contributed by atoms with Crippen LogP contribution in [0.3, 0.4) is 0 Å². The first-order valence-corrected chi connectivity index (χ1v) is 9.30. The molecule has 2 aliphatic carbocycles. The Labute approximate surface area is 133 Å². The molecule has 21 heavy (non-hydrogen) atoms. The minimum Gasteiger partial charge on any atom is -0.351 e. The summed E-state index contributed by atoms with van der Waals surface area (Å²) in [5.74, 6) is 3.67. The Balaban J connectivity index is 1.48. The summed E-state index contributed by atoms with van der Waals surface area (Å²) in [5.41, 5.74) is 0. The normalized spacial score (nSPS) is 27.7. The zero-order chi connectivity index (χ0) is 14.8. The molecule has 0 spiro atoms. The van der Waals surface area contributed by atoms with Crippen LogP contribution in [-0.4, -0.2) is 25.1 Å². The average molecular weight is 308 g/mol. The van der Waals surface area contributed by atoms with E-state index in [-0.39, 0.29) is 0 Å². The van der Waals surface area contributed by atoms with Crippen LogP contribution in [0, 0.1) is 23.7 Å². The van der Waals surface area contributed by atoms with Gasteiger partial charge < -0.3 is 10.2 Å². The molecule has 2 saturated carbocycles. The van der Waals surface area contributed by atoms with Crippen molar-refractivity contribution in [1.82, 2.24) is 10.3 Å². The lowest BCUT2D eigenvalue weighted by molar-refractivity contribution is 0.337. The monoisotopic (exact) mass is 307 g/mol. The molecule has 1 heterocycles. The number of fused-ring (bicyclic) bond motifs is 2. The highest BCUT2D eigenvalue weighted by atomic mass is 32.1. The second kappa shape index (κ2) is 6.66. The van der Waals surface area contributed by atoms with E-state index in [2.05, 4.69) is 36.1 Å². The number of nitrogens with one attached hydrogen (secondary N) is 1. The molecule has 0 amide bonds. The van der Waals surface area contributed by atoms with Crippen molar-refractivity contribution in [1.29, 1.82) is 0 Å². The van der Waals surface area contributed by atoms with Gasteiger partial charge in [-0.2, -0.15) is 0 Å². The van der Waals surface area contributed by atoms with Crippen LogP contribution >= 0.6 is 11.3 Å². The second-order valence-corrected chi connectivity index (χ2v) is 8.54. The van der Waals surface area contributed by atoms with E-state index in [0.29, 0.717) is 5.92 Å². The quantitative estimate of drug-likeness (QED) is 0.831. The van der Waals surface area contributed by atoms with E-state index in [9.17, 15) is 0 Å².